The zero-order chi connectivity index (χ0) is 11.8. The SMILES string of the molecule is Nc1cc(-c2nc3ncnc(N)c3[nH]2)ccn1. The number of aromatic amines is 1. The topological polar surface area (TPSA) is 119 Å². The first kappa shape index (κ1) is 9.52. The zero-order valence-corrected chi connectivity index (χ0v) is 8.75. The van der Waals surface area contributed by atoms with Gasteiger partial charge in [0.1, 0.15) is 23.5 Å². The van der Waals surface area contributed by atoms with E-state index in [1.807, 2.05) is 0 Å². The molecule has 3 aromatic rings. The van der Waals surface area contributed by atoms with E-state index in [2.05, 4.69) is 24.9 Å². The van der Waals surface area contributed by atoms with E-state index >= 15 is 0 Å². The first-order valence-corrected chi connectivity index (χ1v) is 4.92. The van der Waals surface area contributed by atoms with Gasteiger partial charge in [-0.25, -0.2) is 19.9 Å². The summed E-state index contributed by atoms with van der Waals surface area (Å²) in [6.45, 7) is 0. The van der Waals surface area contributed by atoms with E-state index in [-0.39, 0.29) is 0 Å². The van der Waals surface area contributed by atoms with Gasteiger partial charge in [-0.1, -0.05) is 0 Å². The number of nitrogens with one attached hydrogen (secondary N) is 1. The highest BCUT2D eigenvalue weighted by atomic mass is 15.0. The van der Waals surface area contributed by atoms with E-state index in [0.717, 1.165) is 5.56 Å². The van der Waals surface area contributed by atoms with Crippen molar-refractivity contribution < 1.29 is 0 Å². The molecule has 7 heteroatoms. The summed E-state index contributed by atoms with van der Waals surface area (Å²) in [5, 5.41) is 0. The van der Waals surface area contributed by atoms with Crippen LogP contribution in [0.25, 0.3) is 22.6 Å². The first-order chi connectivity index (χ1) is 8.24. The van der Waals surface area contributed by atoms with Crippen molar-refractivity contribution >= 4 is 22.8 Å². The summed E-state index contributed by atoms with van der Waals surface area (Å²) in [7, 11) is 0. The summed E-state index contributed by atoms with van der Waals surface area (Å²) >= 11 is 0. The number of fused-ring (bicyclic) bond motifs is 1. The number of pyridine rings is 1. The normalized spacial score (nSPS) is 10.8. The number of anilines is 2. The fourth-order valence-corrected chi connectivity index (χ4v) is 1.58. The average Bonchev–Trinajstić information content (AvgIpc) is 2.74. The van der Waals surface area contributed by atoms with Crippen molar-refractivity contribution in [2.45, 2.75) is 0 Å². The summed E-state index contributed by atoms with van der Waals surface area (Å²) in [5.74, 6) is 1.44. The Morgan fingerprint density at radius 3 is 2.76 bits per heavy atom. The highest BCUT2D eigenvalue weighted by Gasteiger charge is 2.09. The molecule has 17 heavy (non-hydrogen) atoms. The number of hydrogen-bond donors (Lipinski definition) is 3. The molecule has 0 saturated carbocycles. The number of nitrogen functional groups attached to an aromatic ring is 2. The van der Waals surface area contributed by atoms with Gasteiger partial charge in [-0.15, -0.1) is 0 Å². The van der Waals surface area contributed by atoms with Crippen molar-refractivity contribution in [2.75, 3.05) is 11.5 Å². The van der Waals surface area contributed by atoms with Gasteiger partial charge in [0.05, 0.1) is 0 Å². The van der Waals surface area contributed by atoms with Gasteiger partial charge in [-0.05, 0) is 12.1 Å². The molecule has 0 unspecified atom stereocenters. The van der Waals surface area contributed by atoms with Gasteiger partial charge in [0.2, 0.25) is 0 Å². The summed E-state index contributed by atoms with van der Waals surface area (Å²) in [4.78, 5) is 19.2. The smallest absolute Gasteiger partial charge is 0.183 e. The van der Waals surface area contributed by atoms with Crippen molar-refractivity contribution in [3.05, 3.63) is 24.7 Å². The molecular formula is C10H9N7. The van der Waals surface area contributed by atoms with E-state index in [9.17, 15) is 0 Å². The molecule has 0 radical (unpaired) electrons. The standard InChI is InChI=1S/C10H9N7/c11-6-3-5(1-2-13-6)9-16-7-8(12)14-4-15-10(7)17-9/h1-4H,(H2,11,13)(H3,12,14,15,16,17). The number of nitrogens with two attached hydrogens (primary N) is 2. The first-order valence-electron chi connectivity index (χ1n) is 4.92. The molecule has 5 N–H and O–H groups in total. The van der Waals surface area contributed by atoms with Crippen LogP contribution in [0.1, 0.15) is 0 Å². The second-order valence-corrected chi connectivity index (χ2v) is 3.51. The molecule has 0 aliphatic heterocycles. The number of H-pyrrole nitrogens is 1. The third kappa shape index (κ3) is 1.53. The fraction of sp³-hybridized carbons (Fsp3) is 0. The molecule has 0 spiro atoms. The van der Waals surface area contributed by atoms with Crippen molar-refractivity contribution in [1.29, 1.82) is 0 Å². The summed E-state index contributed by atoms with van der Waals surface area (Å²) < 4.78 is 0. The van der Waals surface area contributed by atoms with E-state index in [1.165, 1.54) is 6.33 Å². The predicted molar refractivity (Wildman–Crippen MR) is 63.7 cm³/mol. The minimum atomic E-state index is 0.371. The van der Waals surface area contributed by atoms with E-state index < -0.39 is 0 Å². The van der Waals surface area contributed by atoms with Crippen molar-refractivity contribution in [3.63, 3.8) is 0 Å². The monoisotopic (exact) mass is 227 g/mol. The number of imidazole rings is 1. The highest BCUT2D eigenvalue weighted by Crippen LogP contribution is 2.21. The lowest BCUT2D eigenvalue weighted by molar-refractivity contribution is 1.21. The van der Waals surface area contributed by atoms with Gasteiger partial charge >= 0.3 is 0 Å². The van der Waals surface area contributed by atoms with Crippen molar-refractivity contribution in [2.24, 2.45) is 0 Å². The molecule has 3 heterocycles. The number of aromatic nitrogens is 5. The van der Waals surface area contributed by atoms with Crippen LogP contribution in [-0.4, -0.2) is 24.9 Å². The van der Waals surface area contributed by atoms with Crippen LogP contribution in [0.2, 0.25) is 0 Å². The molecule has 0 atom stereocenters. The van der Waals surface area contributed by atoms with Gasteiger partial charge in [-0.3, -0.25) is 0 Å². The molecule has 0 bridgehead atoms. The molecule has 3 rings (SSSR count). The van der Waals surface area contributed by atoms with Gasteiger partial charge in [0.25, 0.3) is 0 Å². The largest absolute Gasteiger partial charge is 0.384 e. The maximum absolute atomic E-state index is 5.72. The van der Waals surface area contributed by atoms with E-state index in [0.29, 0.717) is 28.6 Å². The van der Waals surface area contributed by atoms with Crippen molar-refractivity contribution in [1.82, 2.24) is 24.9 Å². The van der Waals surface area contributed by atoms with Crippen LogP contribution in [0.5, 0.6) is 0 Å². The maximum Gasteiger partial charge on any atom is 0.183 e. The Hall–Kier alpha value is -2.70. The lowest BCUT2D eigenvalue weighted by atomic mass is 10.2. The average molecular weight is 227 g/mol. The molecular weight excluding hydrogens is 218 g/mol. The Bertz CT molecular complexity index is 688. The lowest BCUT2D eigenvalue weighted by Crippen LogP contribution is -1.91. The second kappa shape index (κ2) is 3.41. The molecule has 3 aromatic heterocycles. The molecule has 84 valence electrons. The lowest BCUT2D eigenvalue weighted by Gasteiger charge is -1.96. The van der Waals surface area contributed by atoms with Crippen LogP contribution >= 0.6 is 0 Å². The Morgan fingerprint density at radius 1 is 1.12 bits per heavy atom. The van der Waals surface area contributed by atoms with Gasteiger partial charge in [0, 0.05) is 11.8 Å². The van der Waals surface area contributed by atoms with Gasteiger partial charge < -0.3 is 16.5 Å². The highest BCUT2D eigenvalue weighted by molar-refractivity contribution is 5.84. The molecule has 0 amide bonds. The molecule has 7 nitrogen and oxygen atoms in total. The third-order valence-electron chi connectivity index (χ3n) is 2.37. The van der Waals surface area contributed by atoms with Gasteiger partial charge in [0.15, 0.2) is 11.5 Å². The Kier molecular flexibility index (Phi) is 1.91. The molecule has 0 aliphatic rings. The predicted octanol–water partition coefficient (Wildman–Crippen LogP) is 0.579. The van der Waals surface area contributed by atoms with Crippen LogP contribution in [0, 0.1) is 0 Å². The summed E-state index contributed by atoms with van der Waals surface area (Å²) in [6, 6.07) is 3.53. The number of rotatable bonds is 1. The molecule has 0 fully saturated rings. The fourth-order valence-electron chi connectivity index (χ4n) is 1.58. The molecule has 0 aliphatic carbocycles. The van der Waals surface area contributed by atoms with Crippen LogP contribution < -0.4 is 11.5 Å². The van der Waals surface area contributed by atoms with E-state index in [4.69, 9.17) is 11.5 Å². The maximum atomic E-state index is 5.72. The summed E-state index contributed by atoms with van der Waals surface area (Å²) in [6.07, 6.45) is 3.00. The second-order valence-electron chi connectivity index (χ2n) is 3.51. The Labute approximate surface area is 95.9 Å². The number of nitrogens with zero attached hydrogens (tertiary/aromatic N) is 4. The van der Waals surface area contributed by atoms with Crippen LogP contribution in [-0.2, 0) is 0 Å². The molecule has 0 aromatic carbocycles. The van der Waals surface area contributed by atoms with Gasteiger partial charge in [-0.2, -0.15) is 0 Å². The zero-order valence-electron chi connectivity index (χ0n) is 8.75. The summed E-state index contributed by atoms with van der Waals surface area (Å²) in [5.41, 5.74) is 13.3. The van der Waals surface area contributed by atoms with Crippen LogP contribution in [0.15, 0.2) is 24.7 Å². The minimum Gasteiger partial charge on any atom is -0.384 e. The van der Waals surface area contributed by atoms with Crippen LogP contribution in [0.3, 0.4) is 0 Å². The minimum absolute atomic E-state index is 0.371. The Morgan fingerprint density at radius 2 is 2.00 bits per heavy atom. The Balaban J connectivity index is 2.22. The quantitative estimate of drug-likeness (QED) is 0.559. The van der Waals surface area contributed by atoms with Crippen LogP contribution in [0.4, 0.5) is 11.6 Å². The van der Waals surface area contributed by atoms with E-state index in [1.54, 1.807) is 18.3 Å². The molecule has 0 saturated heterocycles. The number of hydrogen-bond acceptors (Lipinski definition) is 6. The van der Waals surface area contributed by atoms with Crippen molar-refractivity contribution in [3.8, 4) is 11.4 Å². The third-order valence-corrected chi connectivity index (χ3v) is 2.37.